The number of nitrogens with one attached hydrogen (secondary N) is 1. The Morgan fingerprint density at radius 3 is 2.23 bits per heavy atom. The first kappa shape index (κ1) is 18.3. The van der Waals surface area contributed by atoms with Gasteiger partial charge in [-0.3, -0.25) is 0 Å². The molecule has 3 aromatic rings. The molecule has 0 unspecified atom stereocenters. The van der Waals surface area contributed by atoms with Gasteiger partial charge < -0.3 is 0 Å². The zero-order chi connectivity index (χ0) is 18.6. The van der Waals surface area contributed by atoms with Crippen molar-refractivity contribution < 1.29 is 8.42 Å². The monoisotopic (exact) mass is 370 g/mol. The summed E-state index contributed by atoms with van der Waals surface area (Å²) in [4.78, 5) is 4.19. The van der Waals surface area contributed by atoms with E-state index in [1.807, 2.05) is 36.4 Å². The summed E-state index contributed by atoms with van der Waals surface area (Å²) in [5.74, 6) is 0.371. The van der Waals surface area contributed by atoms with Crippen LogP contribution >= 0.6 is 0 Å². The van der Waals surface area contributed by atoms with Crippen molar-refractivity contribution in [2.45, 2.75) is 37.8 Å². The van der Waals surface area contributed by atoms with E-state index in [1.165, 1.54) is 6.33 Å². The third-order valence-corrected chi connectivity index (χ3v) is 5.57. The van der Waals surface area contributed by atoms with Crippen LogP contribution in [0.15, 0.2) is 66.1 Å². The highest BCUT2D eigenvalue weighted by Gasteiger charge is 2.14. The fraction of sp³-hybridized carbons (Fsp3) is 0.263. The van der Waals surface area contributed by atoms with Crippen LogP contribution in [0.25, 0.3) is 0 Å². The molecule has 0 saturated carbocycles. The Morgan fingerprint density at radius 2 is 1.65 bits per heavy atom. The summed E-state index contributed by atoms with van der Waals surface area (Å²) in [5, 5.41) is 4.07. The normalized spacial score (nSPS) is 11.8. The second kappa shape index (κ2) is 7.80. The van der Waals surface area contributed by atoms with Gasteiger partial charge in [-0.1, -0.05) is 50.2 Å². The number of aromatic nitrogens is 3. The third kappa shape index (κ3) is 4.56. The fourth-order valence-corrected chi connectivity index (χ4v) is 3.58. The molecule has 0 aliphatic heterocycles. The zero-order valence-corrected chi connectivity index (χ0v) is 15.6. The molecule has 0 aliphatic carbocycles. The van der Waals surface area contributed by atoms with Crippen LogP contribution in [0.4, 0.5) is 0 Å². The van der Waals surface area contributed by atoms with Crippen molar-refractivity contribution in [1.29, 1.82) is 0 Å². The van der Waals surface area contributed by atoms with Crippen molar-refractivity contribution in [3.8, 4) is 0 Å². The van der Waals surface area contributed by atoms with Crippen LogP contribution in [0.5, 0.6) is 0 Å². The number of nitrogens with zero attached hydrogens (tertiary/aromatic N) is 3. The number of rotatable bonds is 7. The highest BCUT2D eigenvalue weighted by Crippen LogP contribution is 2.17. The molecule has 6 nitrogen and oxygen atoms in total. The molecule has 2 aromatic carbocycles. The van der Waals surface area contributed by atoms with E-state index in [9.17, 15) is 8.42 Å². The molecular weight excluding hydrogens is 348 g/mol. The maximum atomic E-state index is 12.4. The van der Waals surface area contributed by atoms with E-state index < -0.39 is 10.0 Å². The molecular formula is C19H22N4O2S. The number of hydrogen-bond donors (Lipinski definition) is 1. The Morgan fingerprint density at radius 1 is 1.00 bits per heavy atom. The molecule has 0 bridgehead atoms. The molecule has 0 saturated heterocycles. The second-order valence-electron chi connectivity index (χ2n) is 6.46. The molecule has 26 heavy (non-hydrogen) atoms. The van der Waals surface area contributed by atoms with Crippen molar-refractivity contribution in [3.05, 3.63) is 77.9 Å². The first-order valence-electron chi connectivity index (χ1n) is 8.44. The molecule has 1 heterocycles. The highest BCUT2D eigenvalue weighted by atomic mass is 32.2. The van der Waals surface area contributed by atoms with E-state index in [-0.39, 0.29) is 11.4 Å². The summed E-state index contributed by atoms with van der Waals surface area (Å²) in [6.07, 6.45) is 3.16. The van der Waals surface area contributed by atoms with Crippen molar-refractivity contribution in [2.75, 3.05) is 0 Å². The largest absolute Gasteiger partial charge is 0.249 e. The van der Waals surface area contributed by atoms with Crippen LogP contribution in [-0.4, -0.2) is 23.2 Å². The maximum absolute atomic E-state index is 12.4. The lowest BCUT2D eigenvalue weighted by molar-refractivity contribution is 0.581. The van der Waals surface area contributed by atoms with E-state index in [0.717, 1.165) is 16.7 Å². The summed E-state index contributed by atoms with van der Waals surface area (Å²) in [6.45, 7) is 5.04. The van der Waals surface area contributed by atoms with Crippen LogP contribution in [0.1, 0.15) is 36.5 Å². The Hall–Kier alpha value is -2.51. The van der Waals surface area contributed by atoms with Crippen LogP contribution in [0.2, 0.25) is 0 Å². The van der Waals surface area contributed by atoms with Crippen LogP contribution in [0.3, 0.4) is 0 Å². The van der Waals surface area contributed by atoms with E-state index in [2.05, 4.69) is 28.7 Å². The minimum atomic E-state index is -3.52. The van der Waals surface area contributed by atoms with Crippen molar-refractivity contribution >= 4 is 10.0 Å². The molecule has 0 amide bonds. The molecule has 0 spiro atoms. The zero-order valence-electron chi connectivity index (χ0n) is 14.8. The quantitative estimate of drug-likeness (QED) is 0.694. The Kier molecular flexibility index (Phi) is 5.49. The maximum Gasteiger partial charge on any atom is 0.240 e. The predicted molar refractivity (Wildman–Crippen MR) is 100 cm³/mol. The van der Waals surface area contributed by atoms with Gasteiger partial charge in [0, 0.05) is 6.54 Å². The van der Waals surface area contributed by atoms with Gasteiger partial charge in [0.05, 0.1) is 11.4 Å². The number of sulfonamides is 1. The van der Waals surface area contributed by atoms with Gasteiger partial charge in [0.2, 0.25) is 10.0 Å². The van der Waals surface area contributed by atoms with Crippen molar-refractivity contribution in [2.24, 2.45) is 0 Å². The van der Waals surface area contributed by atoms with E-state index >= 15 is 0 Å². The van der Waals surface area contributed by atoms with E-state index in [1.54, 1.807) is 23.1 Å². The summed E-state index contributed by atoms with van der Waals surface area (Å²) < 4.78 is 29.3. The minimum Gasteiger partial charge on any atom is -0.249 e. The van der Waals surface area contributed by atoms with Crippen LogP contribution in [0, 0.1) is 0 Å². The summed E-state index contributed by atoms with van der Waals surface area (Å²) >= 11 is 0. The first-order valence-corrected chi connectivity index (χ1v) is 9.92. The standard InChI is InChI=1S/C19H22N4O2S/c1-15(2)18-7-9-19(10-8-18)26(24,25)22-11-16-3-5-17(6-4-16)12-23-14-20-13-21-23/h3-10,13-15,22H,11-12H2,1-2H3. The second-order valence-corrected chi connectivity index (χ2v) is 8.22. The smallest absolute Gasteiger partial charge is 0.240 e. The van der Waals surface area contributed by atoms with Gasteiger partial charge in [0.15, 0.2) is 0 Å². The van der Waals surface area contributed by atoms with Gasteiger partial charge >= 0.3 is 0 Å². The highest BCUT2D eigenvalue weighted by molar-refractivity contribution is 7.89. The topological polar surface area (TPSA) is 76.9 Å². The minimum absolute atomic E-state index is 0.248. The predicted octanol–water partition coefficient (Wildman–Crippen LogP) is 2.93. The lowest BCUT2D eigenvalue weighted by Gasteiger charge is -2.10. The Labute approximate surface area is 154 Å². The van der Waals surface area contributed by atoms with Gasteiger partial charge in [0.25, 0.3) is 0 Å². The number of benzene rings is 2. The van der Waals surface area contributed by atoms with Gasteiger partial charge in [-0.25, -0.2) is 22.8 Å². The fourth-order valence-electron chi connectivity index (χ4n) is 2.56. The molecule has 1 aromatic heterocycles. The lowest BCUT2D eigenvalue weighted by atomic mass is 10.0. The van der Waals surface area contributed by atoms with Crippen LogP contribution < -0.4 is 4.72 Å². The van der Waals surface area contributed by atoms with E-state index in [0.29, 0.717) is 12.5 Å². The Bertz CT molecular complexity index is 932. The first-order chi connectivity index (χ1) is 12.4. The molecule has 136 valence electrons. The summed E-state index contributed by atoms with van der Waals surface area (Å²) in [5.41, 5.74) is 3.09. The summed E-state index contributed by atoms with van der Waals surface area (Å²) in [6, 6.07) is 14.8. The van der Waals surface area contributed by atoms with Crippen LogP contribution in [-0.2, 0) is 23.1 Å². The van der Waals surface area contributed by atoms with Gasteiger partial charge in [-0.15, -0.1) is 0 Å². The Balaban J connectivity index is 1.62. The molecule has 0 atom stereocenters. The average molecular weight is 370 g/mol. The molecule has 7 heteroatoms. The van der Waals surface area contributed by atoms with E-state index in [4.69, 9.17) is 0 Å². The van der Waals surface area contributed by atoms with Crippen molar-refractivity contribution in [1.82, 2.24) is 19.5 Å². The number of hydrogen-bond acceptors (Lipinski definition) is 4. The summed E-state index contributed by atoms with van der Waals surface area (Å²) in [7, 11) is -3.52. The third-order valence-electron chi connectivity index (χ3n) is 4.16. The molecule has 0 aliphatic rings. The lowest BCUT2D eigenvalue weighted by Crippen LogP contribution is -2.23. The van der Waals surface area contributed by atoms with Gasteiger partial charge in [-0.05, 0) is 34.7 Å². The average Bonchev–Trinajstić information content (AvgIpc) is 3.14. The van der Waals surface area contributed by atoms with Gasteiger partial charge in [-0.2, -0.15) is 5.10 Å². The van der Waals surface area contributed by atoms with Crippen molar-refractivity contribution in [3.63, 3.8) is 0 Å². The molecule has 0 fully saturated rings. The van der Waals surface area contributed by atoms with Gasteiger partial charge in [0.1, 0.15) is 12.7 Å². The SMILES string of the molecule is CC(C)c1ccc(S(=O)(=O)NCc2ccc(Cn3cncn3)cc2)cc1. The molecule has 1 N–H and O–H groups in total. The molecule has 3 rings (SSSR count). The molecule has 0 radical (unpaired) electrons.